The molecule has 4 N–H and O–H groups in total. The highest BCUT2D eigenvalue weighted by Crippen LogP contribution is 1.95. The quantitative estimate of drug-likeness (QED) is 0.466. The first kappa shape index (κ1) is 12.9. The van der Waals surface area contributed by atoms with E-state index in [4.69, 9.17) is 5.90 Å². The van der Waals surface area contributed by atoms with Crippen molar-refractivity contribution in [2.24, 2.45) is 5.90 Å². The minimum absolute atomic E-state index is 0.0652. The molecule has 0 unspecified atom stereocenters. The Morgan fingerprint density at radius 1 is 1.38 bits per heavy atom. The van der Waals surface area contributed by atoms with E-state index in [-0.39, 0.29) is 18.4 Å². The zero-order chi connectivity index (χ0) is 11.8. The summed E-state index contributed by atoms with van der Waals surface area (Å²) >= 11 is 0. The standard InChI is InChI=1S/C9H18N4O3/c10-16-7-8(14)12-2-1-9(15)13-5-3-11-4-6-13/h11H,1-7,10H2,(H,12,14). The largest absolute Gasteiger partial charge is 0.354 e. The third kappa shape index (κ3) is 4.56. The molecule has 0 atom stereocenters. The molecule has 0 saturated carbocycles. The third-order valence-electron chi connectivity index (χ3n) is 2.35. The molecule has 1 saturated heterocycles. The van der Waals surface area contributed by atoms with Crippen LogP contribution in [0.4, 0.5) is 0 Å². The molecule has 1 heterocycles. The molecular weight excluding hydrogens is 212 g/mol. The first-order valence-corrected chi connectivity index (χ1v) is 5.31. The molecular formula is C9H18N4O3. The summed E-state index contributed by atoms with van der Waals surface area (Å²) in [7, 11) is 0. The van der Waals surface area contributed by atoms with Crippen molar-refractivity contribution in [3.05, 3.63) is 0 Å². The van der Waals surface area contributed by atoms with Gasteiger partial charge in [0.2, 0.25) is 11.8 Å². The summed E-state index contributed by atoms with van der Waals surface area (Å²) in [6.45, 7) is 3.28. The van der Waals surface area contributed by atoms with E-state index in [2.05, 4.69) is 15.5 Å². The average Bonchev–Trinajstić information content (AvgIpc) is 2.30. The van der Waals surface area contributed by atoms with Crippen LogP contribution in [0, 0.1) is 0 Å². The minimum atomic E-state index is -0.310. The Bertz CT molecular complexity index is 241. The van der Waals surface area contributed by atoms with E-state index in [1.54, 1.807) is 4.90 Å². The van der Waals surface area contributed by atoms with Gasteiger partial charge in [-0.2, -0.15) is 0 Å². The number of carbonyl (C=O) groups is 2. The maximum atomic E-state index is 11.6. The number of carbonyl (C=O) groups excluding carboxylic acids is 2. The zero-order valence-corrected chi connectivity index (χ0v) is 9.20. The smallest absolute Gasteiger partial charge is 0.248 e. The molecule has 7 heteroatoms. The summed E-state index contributed by atoms with van der Waals surface area (Å²) in [5.41, 5.74) is 0. The molecule has 1 aliphatic heterocycles. The second kappa shape index (κ2) is 7.15. The molecule has 0 aliphatic carbocycles. The van der Waals surface area contributed by atoms with E-state index in [0.29, 0.717) is 13.0 Å². The van der Waals surface area contributed by atoms with Gasteiger partial charge in [0.05, 0.1) is 0 Å². The summed E-state index contributed by atoms with van der Waals surface area (Å²) in [5, 5.41) is 5.71. The van der Waals surface area contributed by atoms with Crippen LogP contribution in [-0.4, -0.2) is 56.0 Å². The van der Waals surface area contributed by atoms with Gasteiger partial charge in [0.1, 0.15) is 6.61 Å². The van der Waals surface area contributed by atoms with Crippen molar-refractivity contribution in [2.45, 2.75) is 6.42 Å². The van der Waals surface area contributed by atoms with Gasteiger partial charge < -0.3 is 15.5 Å². The van der Waals surface area contributed by atoms with Crippen molar-refractivity contribution in [1.82, 2.24) is 15.5 Å². The van der Waals surface area contributed by atoms with E-state index in [9.17, 15) is 9.59 Å². The number of piperazine rings is 1. The molecule has 0 radical (unpaired) electrons. The van der Waals surface area contributed by atoms with Gasteiger partial charge in [0.25, 0.3) is 0 Å². The monoisotopic (exact) mass is 230 g/mol. The molecule has 0 aromatic rings. The van der Waals surface area contributed by atoms with Crippen molar-refractivity contribution in [3.63, 3.8) is 0 Å². The number of hydrogen-bond acceptors (Lipinski definition) is 5. The number of hydrogen-bond donors (Lipinski definition) is 3. The first-order valence-electron chi connectivity index (χ1n) is 5.31. The van der Waals surface area contributed by atoms with Gasteiger partial charge in [0, 0.05) is 39.1 Å². The van der Waals surface area contributed by atoms with Gasteiger partial charge >= 0.3 is 0 Å². The van der Waals surface area contributed by atoms with Crippen LogP contribution in [0.3, 0.4) is 0 Å². The normalized spacial score (nSPS) is 15.9. The predicted octanol–water partition coefficient (Wildman–Crippen LogP) is -2.19. The van der Waals surface area contributed by atoms with Crippen LogP contribution in [0.5, 0.6) is 0 Å². The highest BCUT2D eigenvalue weighted by molar-refractivity contribution is 5.79. The van der Waals surface area contributed by atoms with Crippen LogP contribution < -0.4 is 16.5 Å². The van der Waals surface area contributed by atoms with Crippen LogP contribution in [0.25, 0.3) is 0 Å². The van der Waals surface area contributed by atoms with Crippen LogP contribution >= 0.6 is 0 Å². The SMILES string of the molecule is NOCC(=O)NCCC(=O)N1CCNCC1. The molecule has 1 aliphatic rings. The summed E-state index contributed by atoms with van der Waals surface area (Å²) < 4.78 is 0. The lowest BCUT2D eigenvalue weighted by Crippen LogP contribution is -2.47. The van der Waals surface area contributed by atoms with Gasteiger partial charge in [-0.25, -0.2) is 5.90 Å². The summed E-state index contributed by atoms with van der Waals surface area (Å²) in [4.78, 5) is 28.5. The van der Waals surface area contributed by atoms with Crippen LogP contribution in [0.15, 0.2) is 0 Å². The van der Waals surface area contributed by atoms with Crippen molar-refractivity contribution in [1.29, 1.82) is 0 Å². The second-order valence-electron chi connectivity index (χ2n) is 3.54. The Morgan fingerprint density at radius 3 is 2.69 bits per heavy atom. The van der Waals surface area contributed by atoms with Crippen molar-refractivity contribution < 1.29 is 14.4 Å². The molecule has 7 nitrogen and oxygen atoms in total. The van der Waals surface area contributed by atoms with Crippen LogP contribution in [-0.2, 0) is 14.4 Å². The molecule has 2 amide bonds. The van der Waals surface area contributed by atoms with Gasteiger partial charge in [0.15, 0.2) is 0 Å². The summed E-state index contributed by atoms with van der Waals surface area (Å²) in [5.74, 6) is 4.49. The fourth-order valence-corrected chi connectivity index (χ4v) is 1.51. The van der Waals surface area contributed by atoms with Gasteiger partial charge in [-0.3, -0.25) is 14.4 Å². The first-order chi connectivity index (χ1) is 7.74. The van der Waals surface area contributed by atoms with Crippen LogP contribution in [0.1, 0.15) is 6.42 Å². The molecule has 0 aromatic heterocycles. The Kier molecular flexibility index (Phi) is 5.76. The van der Waals surface area contributed by atoms with Gasteiger partial charge in [-0.1, -0.05) is 0 Å². The lowest BCUT2D eigenvalue weighted by molar-refractivity contribution is -0.132. The molecule has 1 rings (SSSR count). The molecule has 92 valence electrons. The molecule has 0 aromatic carbocycles. The fourth-order valence-electron chi connectivity index (χ4n) is 1.51. The van der Waals surface area contributed by atoms with E-state index >= 15 is 0 Å². The van der Waals surface area contributed by atoms with E-state index in [1.165, 1.54) is 0 Å². The van der Waals surface area contributed by atoms with Crippen molar-refractivity contribution >= 4 is 11.8 Å². The number of nitrogens with one attached hydrogen (secondary N) is 2. The lowest BCUT2D eigenvalue weighted by Gasteiger charge is -2.27. The highest BCUT2D eigenvalue weighted by atomic mass is 16.6. The lowest BCUT2D eigenvalue weighted by atomic mass is 10.3. The van der Waals surface area contributed by atoms with Crippen molar-refractivity contribution in [2.75, 3.05) is 39.3 Å². The maximum absolute atomic E-state index is 11.6. The predicted molar refractivity (Wildman–Crippen MR) is 57.2 cm³/mol. The third-order valence-corrected chi connectivity index (χ3v) is 2.35. The van der Waals surface area contributed by atoms with E-state index in [1.807, 2.05) is 0 Å². The Morgan fingerprint density at radius 2 is 2.06 bits per heavy atom. The fraction of sp³-hybridized carbons (Fsp3) is 0.778. The summed E-state index contributed by atoms with van der Waals surface area (Å²) in [6, 6.07) is 0. The molecule has 16 heavy (non-hydrogen) atoms. The number of amides is 2. The number of nitrogens with two attached hydrogens (primary N) is 1. The Hall–Kier alpha value is -1.18. The molecule has 0 spiro atoms. The maximum Gasteiger partial charge on any atom is 0.248 e. The number of rotatable bonds is 5. The van der Waals surface area contributed by atoms with Crippen LogP contribution in [0.2, 0.25) is 0 Å². The van der Waals surface area contributed by atoms with Gasteiger partial charge in [-0.15, -0.1) is 0 Å². The Labute approximate surface area is 94.2 Å². The zero-order valence-electron chi connectivity index (χ0n) is 9.20. The van der Waals surface area contributed by atoms with E-state index in [0.717, 1.165) is 26.2 Å². The minimum Gasteiger partial charge on any atom is -0.354 e. The second-order valence-corrected chi connectivity index (χ2v) is 3.54. The number of nitrogens with zero attached hydrogens (tertiary/aromatic N) is 1. The highest BCUT2D eigenvalue weighted by Gasteiger charge is 2.15. The molecule has 0 bridgehead atoms. The molecule has 1 fully saturated rings. The van der Waals surface area contributed by atoms with Gasteiger partial charge in [-0.05, 0) is 0 Å². The summed E-state index contributed by atoms with van der Waals surface area (Å²) in [6.07, 6.45) is 0.316. The Balaban J connectivity index is 2.12. The topological polar surface area (TPSA) is 96.7 Å². The van der Waals surface area contributed by atoms with E-state index < -0.39 is 0 Å². The average molecular weight is 230 g/mol. The van der Waals surface area contributed by atoms with Crippen molar-refractivity contribution in [3.8, 4) is 0 Å².